The van der Waals surface area contributed by atoms with Crippen LogP contribution in [0.25, 0.3) is 11.3 Å². The molecule has 0 aliphatic rings. The Balaban J connectivity index is 2.56. The van der Waals surface area contributed by atoms with E-state index in [4.69, 9.17) is 11.6 Å². The van der Waals surface area contributed by atoms with Crippen molar-refractivity contribution < 1.29 is 0 Å². The summed E-state index contributed by atoms with van der Waals surface area (Å²) in [5.41, 5.74) is 1.87. The number of aromatic nitrogens is 2. The topological polar surface area (TPSA) is 25.8 Å². The van der Waals surface area contributed by atoms with Crippen LogP contribution >= 0.6 is 27.5 Å². The van der Waals surface area contributed by atoms with Crippen molar-refractivity contribution in [3.63, 3.8) is 0 Å². The summed E-state index contributed by atoms with van der Waals surface area (Å²) >= 11 is 9.55. The maximum atomic E-state index is 6.03. The summed E-state index contributed by atoms with van der Waals surface area (Å²) < 4.78 is 1.00. The summed E-state index contributed by atoms with van der Waals surface area (Å²) in [5.74, 6) is 1.03. The number of hydrogen-bond donors (Lipinski definition) is 0. The summed E-state index contributed by atoms with van der Waals surface area (Å²) in [7, 11) is 0. The Labute approximate surface area is 114 Å². The zero-order chi connectivity index (χ0) is 12.4. The van der Waals surface area contributed by atoms with Crippen LogP contribution in [-0.2, 0) is 0 Å². The fourth-order valence-electron chi connectivity index (χ4n) is 1.50. The van der Waals surface area contributed by atoms with Crippen LogP contribution in [0.1, 0.15) is 25.6 Å². The standard InChI is InChI=1S/C13H12BrClN2/c1-8(2)13-16-11(7-12(15)17-13)9-5-3-4-6-10(9)14/h3-8H,1-2H3. The minimum absolute atomic E-state index is 0.259. The minimum Gasteiger partial charge on any atom is -0.232 e. The molecule has 2 rings (SSSR count). The normalized spacial score (nSPS) is 10.9. The van der Waals surface area contributed by atoms with E-state index < -0.39 is 0 Å². The first-order chi connectivity index (χ1) is 8.08. The van der Waals surface area contributed by atoms with Crippen molar-refractivity contribution in [1.82, 2.24) is 9.97 Å². The molecular formula is C13H12BrClN2. The number of halogens is 2. The van der Waals surface area contributed by atoms with E-state index in [0.29, 0.717) is 5.15 Å². The molecule has 4 heteroatoms. The Morgan fingerprint density at radius 1 is 1.18 bits per heavy atom. The van der Waals surface area contributed by atoms with Crippen molar-refractivity contribution >= 4 is 27.5 Å². The van der Waals surface area contributed by atoms with Gasteiger partial charge in [0.05, 0.1) is 5.69 Å². The quantitative estimate of drug-likeness (QED) is 0.752. The van der Waals surface area contributed by atoms with E-state index in [9.17, 15) is 0 Å². The molecule has 1 heterocycles. The van der Waals surface area contributed by atoms with E-state index in [1.54, 1.807) is 6.07 Å². The second-order valence-corrected chi connectivity index (χ2v) is 5.31. The lowest BCUT2D eigenvalue weighted by Gasteiger charge is -2.08. The smallest absolute Gasteiger partial charge is 0.133 e. The average Bonchev–Trinajstić information content (AvgIpc) is 2.28. The zero-order valence-corrected chi connectivity index (χ0v) is 12.0. The molecule has 2 nitrogen and oxygen atoms in total. The van der Waals surface area contributed by atoms with Crippen LogP contribution < -0.4 is 0 Å². The molecular weight excluding hydrogens is 300 g/mol. The lowest BCUT2D eigenvalue weighted by molar-refractivity contribution is 0.776. The highest BCUT2D eigenvalue weighted by Gasteiger charge is 2.10. The Kier molecular flexibility index (Phi) is 3.79. The van der Waals surface area contributed by atoms with E-state index in [1.807, 2.05) is 24.3 Å². The molecule has 0 bridgehead atoms. The van der Waals surface area contributed by atoms with Crippen LogP contribution in [0, 0.1) is 0 Å². The summed E-state index contributed by atoms with van der Waals surface area (Å²) in [6, 6.07) is 9.73. The fourth-order valence-corrected chi connectivity index (χ4v) is 2.18. The number of hydrogen-bond acceptors (Lipinski definition) is 2. The molecule has 0 N–H and O–H groups in total. The van der Waals surface area contributed by atoms with E-state index in [2.05, 4.69) is 39.7 Å². The van der Waals surface area contributed by atoms with Gasteiger partial charge in [-0.1, -0.05) is 59.6 Å². The number of benzene rings is 1. The van der Waals surface area contributed by atoms with Gasteiger partial charge in [0.25, 0.3) is 0 Å². The van der Waals surface area contributed by atoms with Gasteiger partial charge in [-0.2, -0.15) is 0 Å². The molecule has 17 heavy (non-hydrogen) atoms. The maximum absolute atomic E-state index is 6.03. The fraction of sp³-hybridized carbons (Fsp3) is 0.231. The predicted octanol–water partition coefficient (Wildman–Crippen LogP) is 4.68. The third kappa shape index (κ3) is 2.85. The van der Waals surface area contributed by atoms with E-state index in [0.717, 1.165) is 21.6 Å². The van der Waals surface area contributed by atoms with Gasteiger partial charge in [-0.25, -0.2) is 9.97 Å². The highest BCUT2D eigenvalue weighted by Crippen LogP contribution is 2.28. The van der Waals surface area contributed by atoms with Crippen molar-refractivity contribution in [2.24, 2.45) is 0 Å². The van der Waals surface area contributed by atoms with Gasteiger partial charge < -0.3 is 0 Å². The summed E-state index contributed by atoms with van der Waals surface area (Å²) in [6.45, 7) is 4.10. The molecule has 88 valence electrons. The molecule has 1 aromatic carbocycles. The van der Waals surface area contributed by atoms with Gasteiger partial charge in [0.2, 0.25) is 0 Å². The lowest BCUT2D eigenvalue weighted by Crippen LogP contribution is -1.99. The van der Waals surface area contributed by atoms with Gasteiger partial charge in [0, 0.05) is 22.0 Å². The van der Waals surface area contributed by atoms with Crippen molar-refractivity contribution in [3.05, 3.63) is 45.8 Å². The van der Waals surface area contributed by atoms with Crippen LogP contribution in [-0.4, -0.2) is 9.97 Å². The summed E-state index contributed by atoms with van der Waals surface area (Å²) in [5, 5.41) is 0.481. The van der Waals surface area contributed by atoms with Crippen LogP contribution in [0.5, 0.6) is 0 Å². The molecule has 0 atom stereocenters. The molecule has 1 aromatic heterocycles. The number of nitrogens with zero attached hydrogens (tertiary/aromatic N) is 2. The second kappa shape index (κ2) is 5.15. The first-order valence-electron chi connectivity index (χ1n) is 5.37. The van der Waals surface area contributed by atoms with Gasteiger partial charge >= 0.3 is 0 Å². The highest BCUT2D eigenvalue weighted by molar-refractivity contribution is 9.10. The van der Waals surface area contributed by atoms with E-state index in [-0.39, 0.29) is 5.92 Å². The lowest BCUT2D eigenvalue weighted by atomic mass is 10.1. The predicted molar refractivity (Wildman–Crippen MR) is 74.3 cm³/mol. The molecule has 0 saturated carbocycles. The van der Waals surface area contributed by atoms with E-state index >= 15 is 0 Å². The van der Waals surface area contributed by atoms with Crippen molar-refractivity contribution in [3.8, 4) is 11.3 Å². The van der Waals surface area contributed by atoms with Crippen molar-refractivity contribution in [2.45, 2.75) is 19.8 Å². The second-order valence-electron chi connectivity index (χ2n) is 4.07. The first kappa shape index (κ1) is 12.5. The zero-order valence-electron chi connectivity index (χ0n) is 9.61. The van der Waals surface area contributed by atoms with Crippen LogP contribution in [0.3, 0.4) is 0 Å². The first-order valence-corrected chi connectivity index (χ1v) is 6.54. The monoisotopic (exact) mass is 310 g/mol. The maximum Gasteiger partial charge on any atom is 0.133 e. The van der Waals surface area contributed by atoms with Gasteiger partial charge in [-0.15, -0.1) is 0 Å². The van der Waals surface area contributed by atoms with Gasteiger partial charge in [-0.05, 0) is 6.07 Å². The minimum atomic E-state index is 0.259. The summed E-state index contributed by atoms with van der Waals surface area (Å²) in [4.78, 5) is 8.77. The molecule has 2 aromatic rings. The number of rotatable bonds is 2. The SMILES string of the molecule is CC(C)c1nc(Cl)cc(-c2ccccc2Br)n1. The van der Waals surface area contributed by atoms with Crippen LogP contribution in [0.4, 0.5) is 0 Å². The average molecular weight is 312 g/mol. The summed E-state index contributed by atoms with van der Waals surface area (Å²) in [6.07, 6.45) is 0. The molecule has 0 unspecified atom stereocenters. The molecule has 0 aliphatic heterocycles. The van der Waals surface area contributed by atoms with Gasteiger partial charge in [0.1, 0.15) is 11.0 Å². The van der Waals surface area contributed by atoms with Crippen molar-refractivity contribution in [1.29, 1.82) is 0 Å². The third-order valence-electron chi connectivity index (χ3n) is 2.38. The molecule has 0 amide bonds. The largest absolute Gasteiger partial charge is 0.232 e. The van der Waals surface area contributed by atoms with Crippen molar-refractivity contribution in [2.75, 3.05) is 0 Å². The van der Waals surface area contributed by atoms with Crippen LogP contribution in [0.2, 0.25) is 5.15 Å². The Morgan fingerprint density at radius 2 is 1.88 bits per heavy atom. The van der Waals surface area contributed by atoms with Gasteiger partial charge in [0.15, 0.2) is 0 Å². The highest BCUT2D eigenvalue weighted by atomic mass is 79.9. The Hall–Kier alpha value is -0.930. The van der Waals surface area contributed by atoms with Crippen LogP contribution in [0.15, 0.2) is 34.8 Å². The molecule has 0 fully saturated rings. The Morgan fingerprint density at radius 3 is 2.53 bits per heavy atom. The molecule has 0 aliphatic carbocycles. The van der Waals surface area contributed by atoms with Gasteiger partial charge in [-0.3, -0.25) is 0 Å². The Bertz CT molecular complexity index is 541. The molecule has 0 saturated heterocycles. The third-order valence-corrected chi connectivity index (χ3v) is 3.26. The molecule has 0 spiro atoms. The molecule has 0 radical (unpaired) electrons. The van der Waals surface area contributed by atoms with E-state index in [1.165, 1.54) is 0 Å².